The first-order chi connectivity index (χ1) is 15.2. The van der Waals surface area contributed by atoms with Gasteiger partial charge in [0.15, 0.2) is 0 Å². The fourth-order valence-corrected chi connectivity index (χ4v) is 2.60. The van der Waals surface area contributed by atoms with E-state index in [0.29, 0.717) is 0 Å². The van der Waals surface area contributed by atoms with Crippen molar-refractivity contribution in [1.82, 2.24) is 0 Å². The first kappa shape index (κ1) is 41.1. The predicted molar refractivity (Wildman–Crippen MR) is 152 cm³/mol. The third-order valence-corrected chi connectivity index (χ3v) is 5.47. The van der Waals surface area contributed by atoms with Gasteiger partial charge in [-0.1, -0.05) is 27.7 Å². The van der Waals surface area contributed by atoms with Crippen molar-refractivity contribution in [3.63, 3.8) is 0 Å². The molecule has 0 nitrogen and oxygen atoms in total. The van der Waals surface area contributed by atoms with Crippen molar-refractivity contribution in [2.75, 3.05) is 0 Å². The quantitative estimate of drug-likeness (QED) is 0.169. The third-order valence-electron chi connectivity index (χ3n) is 5.47. The molecule has 0 aromatic heterocycles. The van der Waals surface area contributed by atoms with Crippen molar-refractivity contribution >= 4 is 33.3 Å². The maximum atomic E-state index is 3.39. The first-order valence-electron chi connectivity index (χ1n) is 10.9. The Balaban J connectivity index is -0.000000165. The minimum absolute atomic E-state index is 0. The van der Waals surface area contributed by atoms with Gasteiger partial charge in [0, 0.05) is 0 Å². The second kappa shape index (κ2) is 26.1. The van der Waals surface area contributed by atoms with Crippen molar-refractivity contribution < 1.29 is 47.8 Å². The van der Waals surface area contributed by atoms with Gasteiger partial charge in [-0.15, -0.1) is 78.2 Å². The van der Waals surface area contributed by atoms with Crippen molar-refractivity contribution in [2.24, 2.45) is 0 Å². The second-order valence-electron chi connectivity index (χ2n) is 7.57. The van der Waals surface area contributed by atoms with Crippen LogP contribution in [0.2, 0.25) is 0 Å². The molecule has 0 aliphatic heterocycles. The summed E-state index contributed by atoms with van der Waals surface area (Å²) in [5.41, 5.74) is 10.8. The number of rotatable bonds is 0. The number of hydrogen-bond donors (Lipinski definition) is 0. The van der Waals surface area contributed by atoms with Crippen LogP contribution in [-0.2, 0) is 47.8 Å². The van der Waals surface area contributed by atoms with E-state index in [4.69, 9.17) is 0 Å². The van der Waals surface area contributed by atoms with Crippen LogP contribution in [0.25, 0.3) is 0 Å². The molecule has 0 saturated heterocycles. The zero-order chi connectivity index (χ0) is 25.1. The van der Waals surface area contributed by atoms with E-state index in [1.54, 1.807) is 0 Å². The van der Waals surface area contributed by atoms with Crippen molar-refractivity contribution in [2.45, 2.75) is 81.1 Å². The molecule has 0 fully saturated rings. The zero-order valence-electron chi connectivity index (χ0n) is 22.4. The third kappa shape index (κ3) is 19.2. The Hall–Kier alpha value is -0.0197. The number of hydrogen-bond acceptors (Lipinski definition) is 0. The summed E-state index contributed by atoms with van der Waals surface area (Å²) < 4.78 is 6.78. The van der Waals surface area contributed by atoms with Crippen LogP contribution >= 0.6 is 24.8 Å². The van der Waals surface area contributed by atoms with Crippen LogP contribution in [0.4, 0.5) is 0 Å². The number of allylic oxidation sites excluding steroid dienone is 16. The molecule has 4 heteroatoms. The summed E-state index contributed by atoms with van der Waals surface area (Å²) in [4.78, 5) is 0. The van der Waals surface area contributed by atoms with Crippen LogP contribution in [0.1, 0.15) is 81.1 Å². The zero-order valence-corrected chi connectivity index (χ0v) is 31.2. The van der Waals surface area contributed by atoms with Crippen LogP contribution in [-0.4, -0.2) is 8.52 Å². The predicted octanol–water partition coefficient (Wildman–Crippen LogP) is 9.12. The van der Waals surface area contributed by atoms with E-state index in [-0.39, 0.29) is 24.8 Å². The van der Waals surface area contributed by atoms with Gasteiger partial charge in [0.05, 0.1) is 0 Å². The molecule has 0 N–H and O–H groups in total. The average molecular weight is 831 g/mol. The van der Waals surface area contributed by atoms with E-state index >= 15 is 0 Å². The molecule has 0 amide bonds. The molecule has 34 heavy (non-hydrogen) atoms. The molecule has 4 rings (SSSR count). The van der Waals surface area contributed by atoms with Gasteiger partial charge < -0.3 is 0 Å². The van der Waals surface area contributed by atoms with Crippen LogP contribution in [0.5, 0.6) is 0 Å². The summed E-state index contributed by atoms with van der Waals surface area (Å²) in [6, 6.07) is 0. The van der Waals surface area contributed by atoms with Crippen molar-refractivity contribution in [3.05, 3.63) is 93.2 Å². The van der Waals surface area contributed by atoms with E-state index in [0.717, 1.165) is 73.5 Å². The molecule has 0 aromatic rings. The monoisotopic (exact) mass is 832 g/mol. The van der Waals surface area contributed by atoms with Gasteiger partial charge in [0.2, 0.25) is 0 Å². The number of halogens is 2. The van der Waals surface area contributed by atoms with E-state index < -0.39 is 0 Å². The van der Waals surface area contributed by atoms with E-state index in [1.165, 1.54) is 44.6 Å². The van der Waals surface area contributed by atoms with Crippen molar-refractivity contribution in [3.8, 4) is 0 Å². The van der Waals surface area contributed by atoms with Gasteiger partial charge in [-0.3, -0.25) is 24.3 Å². The Morgan fingerprint density at radius 2 is 0.588 bits per heavy atom. The molecular formula is C30H42Cl2Hf2. The molecule has 4 aliphatic carbocycles. The Morgan fingerprint density at radius 1 is 0.441 bits per heavy atom. The Morgan fingerprint density at radius 3 is 0.618 bits per heavy atom. The maximum absolute atomic E-state index is 3.39. The van der Waals surface area contributed by atoms with Gasteiger partial charge >= 0.3 is 56.3 Å². The van der Waals surface area contributed by atoms with Gasteiger partial charge in [0.1, 0.15) is 0 Å². The summed E-state index contributed by atoms with van der Waals surface area (Å²) in [5.74, 6) is 0. The molecule has 4 aliphatic rings. The van der Waals surface area contributed by atoms with Crippen LogP contribution in [0, 0.1) is 24.3 Å². The molecule has 184 valence electrons. The summed E-state index contributed by atoms with van der Waals surface area (Å²) >= 11 is 2.11. The van der Waals surface area contributed by atoms with Crippen LogP contribution in [0.15, 0.2) is 68.9 Å². The minimum atomic E-state index is 0. The van der Waals surface area contributed by atoms with E-state index in [2.05, 4.69) is 113 Å². The Kier molecular flexibility index (Phi) is 31.5. The fourth-order valence-electron chi connectivity index (χ4n) is 2.60. The topological polar surface area (TPSA) is 0 Å². The Bertz CT molecular complexity index is 630. The van der Waals surface area contributed by atoms with Crippen LogP contribution < -0.4 is 0 Å². The van der Waals surface area contributed by atoms with Gasteiger partial charge in [-0.05, 0) is 0 Å². The summed E-state index contributed by atoms with van der Waals surface area (Å²) in [7, 11) is 0. The fraction of sp³-hybridized carbons (Fsp3) is 0.400. The second-order valence-corrected chi connectivity index (χ2v) is 7.57. The molecule has 0 spiro atoms. The average Bonchev–Trinajstić information content (AvgIpc) is 3.57. The standard InChI is InChI=1S/4C7H9.2CH2.2ClH.2Hf/c4*1-6-4-3-5-7(6)2;;;;;;/h4*4H,3H2,1-2H3;2*1H2;2*1H;;/q4*-1;;;;;2*+2. The molecule has 0 aromatic carbocycles. The molecular weight excluding hydrogens is 788 g/mol. The summed E-state index contributed by atoms with van der Waals surface area (Å²) in [6.07, 6.45) is 25.6. The normalized spacial score (nSPS) is 16.1. The first-order valence-corrected chi connectivity index (χ1v) is 16.0. The molecule has 0 unspecified atom stereocenters. The summed E-state index contributed by atoms with van der Waals surface area (Å²) in [6.45, 7) is 16.9. The molecule has 0 bridgehead atoms. The molecule has 0 radical (unpaired) electrons. The molecule has 0 saturated carbocycles. The molecule has 0 atom stereocenters. The van der Waals surface area contributed by atoms with E-state index in [9.17, 15) is 0 Å². The van der Waals surface area contributed by atoms with E-state index in [1.807, 2.05) is 0 Å². The SMILES string of the molecule is CC1=[C-]CC=C1C.CC1=[C-]CC=C1C.CC1=[C-]CC=C1C.CC1=[C-]CC=C1C.Cl.Cl.[CH2]=[Hf+2].[CH2]=[Hf+2]. The molecule has 0 heterocycles. The summed E-state index contributed by atoms with van der Waals surface area (Å²) in [5, 5.41) is 0. The van der Waals surface area contributed by atoms with Crippen molar-refractivity contribution in [1.29, 1.82) is 0 Å². The Labute approximate surface area is 253 Å². The van der Waals surface area contributed by atoms with Gasteiger partial charge in [0.25, 0.3) is 0 Å². The van der Waals surface area contributed by atoms with Gasteiger partial charge in [-0.2, -0.15) is 24.3 Å². The van der Waals surface area contributed by atoms with Crippen LogP contribution in [0.3, 0.4) is 0 Å². The van der Waals surface area contributed by atoms with Gasteiger partial charge in [-0.25, -0.2) is 44.6 Å².